The molecule has 0 heterocycles. The van der Waals surface area contributed by atoms with Gasteiger partial charge in [0, 0.05) is 5.54 Å². The lowest BCUT2D eigenvalue weighted by atomic mass is 10.1. The van der Waals surface area contributed by atoms with E-state index < -0.39 is 0 Å². The Morgan fingerprint density at radius 3 is 2.67 bits per heavy atom. The molecule has 0 aromatic heterocycles. The largest absolute Gasteiger partial charge is 0.325 e. The minimum atomic E-state index is -0.241. The summed E-state index contributed by atoms with van der Waals surface area (Å²) in [5.41, 5.74) is 6.78. The molecule has 1 nitrogen and oxygen atoms in total. The molecule has 1 fully saturated rings. The fraction of sp³-hybridized carbons (Fsp3) is 0.455. The van der Waals surface area contributed by atoms with Gasteiger partial charge >= 0.3 is 0 Å². The van der Waals surface area contributed by atoms with Gasteiger partial charge in [-0.3, -0.25) is 0 Å². The summed E-state index contributed by atoms with van der Waals surface area (Å²) in [6.45, 7) is 0. The lowest BCUT2D eigenvalue weighted by Gasteiger charge is -2.10. The minimum Gasteiger partial charge on any atom is -0.325 e. The average Bonchev–Trinajstić information content (AvgIpc) is 2.82. The summed E-state index contributed by atoms with van der Waals surface area (Å²) in [5, 5.41) is 0.488. The van der Waals surface area contributed by atoms with Crippen LogP contribution in [0.5, 0.6) is 0 Å². The van der Waals surface area contributed by atoms with Crippen LogP contribution in [0, 0.1) is 5.82 Å². The van der Waals surface area contributed by atoms with Gasteiger partial charge in [0.15, 0.2) is 0 Å². The van der Waals surface area contributed by atoms with E-state index in [1.807, 2.05) is 12.3 Å². The van der Waals surface area contributed by atoms with Gasteiger partial charge in [-0.2, -0.15) is 0 Å². The molecule has 2 N–H and O–H groups in total. The molecule has 82 valence electrons. The molecule has 0 saturated heterocycles. The number of thioether (sulfide) groups is 1. The van der Waals surface area contributed by atoms with Crippen molar-refractivity contribution in [2.45, 2.75) is 29.7 Å². The van der Waals surface area contributed by atoms with Crippen molar-refractivity contribution in [3.63, 3.8) is 0 Å². The van der Waals surface area contributed by atoms with Crippen LogP contribution in [-0.2, 0) is 6.42 Å². The molecule has 0 radical (unpaired) electrons. The first kappa shape index (κ1) is 11.2. The third-order valence-electron chi connectivity index (χ3n) is 2.71. The summed E-state index contributed by atoms with van der Waals surface area (Å²) in [5.74, 6) is -0.241. The van der Waals surface area contributed by atoms with Gasteiger partial charge < -0.3 is 5.73 Å². The average molecular weight is 246 g/mol. The molecule has 0 amide bonds. The molecule has 15 heavy (non-hydrogen) atoms. The van der Waals surface area contributed by atoms with E-state index in [1.54, 1.807) is 6.07 Å². The fourth-order valence-corrected chi connectivity index (χ4v) is 2.62. The lowest BCUT2D eigenvalue weighted by molar-refractivity contribution is 0.594. The topological polar surface area (TPSA) is 26.0 Å². The van der Waals surface area contributed by atoms with Gasteiger partial charge in [-0.25, -0.2) is 4.39 Å². The molecule has 1 aromatic carbocycles. The number of benzene rings is 1. The molecular weight excluding hydrogens is 233 g/mol. The van der Waals surface area contributed by atoms with Gasteiger partial charge in [0.05, 0.1) is 9.92 Å². The maximum Gasteiger partial charge on any atom is 0.138 e. The Morgan fingerprint density at radius 1 is 1.53 bits per heavy atom. The first-order valence-corrected chi connectivity index (χ1v) is 6.45. The van der Waals surface area contributed by atoms with Crippen LogP contribution < -0.4 is 5.73 Å². The van der Waals surface area contributed by atoms with E-state index in [0.29, 0.717) is 9.92 Å². The number of rotatable bonds is 3. The Balaban J connectivity index is 2.26. The molecule has 1 aliphatic rings. The monoisotopic (exact) mass is 245 g/mol. The zero-order chi connectivity index (χ0) is 11.1. The third kappa shape index (κ3) is 2.47. The van der Waals surface area contributed by atoms with Crippen LogP contribution >= 0.6 is 23.4 Å². The molecule has 0 atom stereocenters. The van der Waals surface area contributed by atoms with Crippen molar-refractivity contribution in [1.29, 1.82) is 0 Å². The first-order valence-electron chi connectivity index (χ1n) is 4.85. The van der Waals surface area contributed by atoms with Gasteiger partial charge in [-0.05, 0) is 43.2 Å². The molecular formula is C11H13ClFNS. The van der Waals surface area contributed by atoms with Crippen LogP contribution in [0.3, 0.4) is 0 Å². The second-order valence-electron chi connectivity index (χ2n) is 4.13. The van der Waals surface area contributed by atoms with Gasteiger partial charge in [0.2, 0.25) is 0 Å². The number of hydrogen-bond acceptors (Lipinski definition) is 2. The molecule has 0 aliphatic heterocycles. The Hall–Kier alpha value is -0.250. The second-order valence-corrected chi connectivity index (χ2v) is 5.36. The van der Waals surface area contributed by atoms with Crippen LogP contribution in [0.2, 0.25) is 5.02 Å². The van der Waals surface area contributed by atoms with Crippen molar-refractivity contribution in [2.24, 2.45) is 5.73 Å². The molecule has 0 unspecified atom stereocenters. The SMILES string of the molecule is CSc1c(F)cc(CC2(N)CC2)cc1Cl. The van der Waals surface area contributed by atoms with Crippen molar-refractivity contribution < 1.29 is 4.39 Å². The maximum absolute atomic E-state index is 13.6. The standard InChI is InChI=1S/C11H13ClFNS/c1-15-10-8(12)4-7(5-9(10)13)6-11(14)2-3-11/h4-5H,2-3,6,14H2,1H3. The summed E-state index contributed by atoms with van der Waals surface area (Å²) in [6.07, 6.45) is 4.58. The highest BCUT2D eigenvalue weighted by Gasteiger charge is 2.38. The van der Waals surface area contributed by atoms with Crippen LogP contribution in [0.15, 0.2) is 17.0 Å². The molecule has 1 aromatic rings. The van der Waals surface area contributed by atoms with Crippen LogP contribution in [0.25, 0.3) is 0 Å². The van der Waals surface area contributed by atoms with Crippen molar-refractivity contribution in [3.05, 3.63) is 28.5 Å². The van der Waals surface area contributed by atoms with Gasteiger partial charge in [0.1, 0.15) is 5.82 Å². The van der Waals surface area contributed by atoms with E-state index in [4.69, 9.17) is 17.3 Å². The summed E-state index contributed by atoms with van der Waals surface area (Å²) in [6, 6.07) is 3.37. The Kier molecular flexibility index (Phi) is 2.97. The maximum atomic E-state index is 13.6. The lowest BCUT2D eigenvalue weighted by Crippen LogP contribution is -2.24. The van der Waals surface area contributed by atoms with E-state index in [0.717, 1.165) is 24.8 Å². The van der Waals surface area contributed by atoms with Crippen molar-refractivity contribution in [3.8, 4) is 0 Å². The summed E-state index contributed by atoms with van der Waals surface area (Å²) in [4.78, 5) is 0.516. The summed E-state index contributed by atoms with van der Waals surface area (Å²) in [7, 11) is 0. The predicted molar refractivity (Wildman–Crippen MR) is 63.0 cm³/mol. The van der Waals surface area contributed by atoms with E-state index in [9.17, 15) is 4.39 Å². The number of halogens is 2. The zero-order valence-electron chi connectivity index (χ0n) is 8.52. The second kappa shape index (κ2) is 3.96. The van der Waals surface area contributed by atoms with Crippen molar-refractivity contribution in [1.82, 2.24) is 0 Å². The van der Waals surface area contributed by atoms with E-state index in [2.05, 4.69) is 0 Å². The molecule has 1 saturated carbocycles. The van der Waals surface area contributed by atoms with Gasteiger partial charge in [-0.15, -0.1) is 11.8 Å². The summed E-state index contributed by atoms with van der Waals surface area (Å²) < 4.78 is 13.6. The molecule has 2 rings (SSSR count). The Bertz CT molecular complexity index is 367. The van der Waals surface area contributed by atoms with E-state index in [-0.39, 0.29) is 11.4 Å². The number of nitrogens with two attached hydrogens (primary N) is 1. The Morgan fingerprint density at radius 2 is 2.20 bits per heavy atom. The van der Waals surface area contributed by atoms with Gasteiger partial charge in [0.25, 0.3) is 0 Å². The molecule has 0 bridgehead atoms. The van der Waals surface area contributed by atoms with Crippen molar-refractivity contribution >= 4 is 23.4 Å². The third-order valence-corrected chi connectivity index (χ3v) is 3.94. The fourth-order valence-electron chi connectivity index (χ4n) is 1.65. The highest BCUT2D eigenvalue weighted by molar-refractivity contribution is 7.98. The Labute approximate surface area is 98.2 Å². The highest BCUT2D eigenvalue weighted by Crippen LogP contribution is 2.37. The molecule has 1 aliphatic carbocycles. The van der Waals surface area contributed by atoms with Gasteiger partial charge in [-0.1, -0.05) is 11.6 Å². The number of hydrogen-bond donors (Lipinski definition) is 1. The van der Waals surface area contributed by atoms with Crippen LogP contribution in [0.4, 0.5) is 4.39 Å². The van der Waals surface area contributed by atoms with Crippen LogP contribution in [-0.4, -0.2) is 11.8 Å². The normalized spacial score (nSPS) is 17.9. The zero-order valence-corrected chi connectivity index (χ0v) is 10.1. The van der Waals surface area contributed by atoms with E-state index >= 15 is 0 Å². The predicted octanol–water partition coefficient (Wildman–Crippen LogP) is 3.23. The summed E-state index contributed by atoms with van der Waals surface area (Å²) >= 11 is 7.31. The highest BCUT2D eigenvalue weighted by atomic mass is 35.5. The minimum absolute atomic E-state index is 0.101. The first-order chi connectivity index (χ1) is 7.04. The van der Waals surface area contributed by atoms with Crippen molar-refractivity contribution in [2.75, 3.05) is 6.26 Å². The molecule has 4 heteroatoms. The van der Waals surface area contributed by atoms with E-state index in [1.165, 1.54) is 11.8 Å². The molecule has 0 spiro atoms. The quantitative estimate of drug-likeness (QED) is 0.828. The smallest absolute Gasteiger partial charge is 0.138 e. The van der Waals surface area contributed by atoms with Crippen LogP contribution in [0.1, 0.15) is 18.4 Å².